The van der Waals surface area contributed by atoms with Gasteiger partial charge in [0, 0.05) is 35.7 Å². The third-order valence-corrected chi connectivity index (χ3v) is 7.78. The van der Waals surface area contributed by atoms with Gasteiger partial charge in [-0.25, -0.2) is 9.59 Å². The van der Waals surface area contributed by atoms with Gasteiger partial charge in [-0.2, -0.15) is 0 Å². The van der Waals surface area contributed by atoms with Crippen molar-refractivity contribution in [3.8, 4) is 0 Å². The van der Waals surface area contributed by atoms with Crippen LogP contribution in [-0.2, 0) is 28.0 Å². The zero-order valence-electron chi connectivity index (χ0n) is 27.7. The van der Waals surface area contributed by atoms with Crippen molar-refractivity contribution in [2.45, 2.75) is 49.7 Å². The largest absolute Gasteiger partial charge is 0.533 e. The molecule has 0 saturated carbocycles. The summed E-state index contributed by atoms with van der Waals surface area (Å²) < 4.78 is 35.3. The number of aliphatic hydroxyl groups excluding tert-OH is 1. The third kappa shape index (κ3) is 15.3. The molecule has 3 rings (SSSR count). The van der Waals surface area contributed by atoms with Crippen LogP contribution in [0.4, 0.5) is 15.3 Å². The number of carbonyl (C=O) groups excluding carboxylic acids is 3. The number of amides is 1. The molecule has 1 aromatic heterocycles. The number of rotatable bonds is 14. The van der Waals surface area contributed by atoms with Crippen molar-refractivity contribution in [2.75, 3.05) is 32.7 Å². The number of benzene rings is 2. The first-order chi connectivity index (χ1) is 23.3. The number of pyridine rings is 1. The Labute approximate surface area is 291 Å². The Morgan fingerprint density at radius 2 is 1.65 bits per heavy atom. The minimum Gasteiger partial charge on any atom is -0.432 e. The molecule has 0 radical (unpaired) electrons. The van der Waals surface area contributed by atoms with E-state index >= 15 is 0 Å². The van der Waals surface area contributed by atoms with Gasteiger partial charge in [-0.3, -0.25) is 14.7 Å². The van der Waals surface area contributed by atoms with Crippen LogP contribution in [-0.4, -0.2) is 78.0 Å². The molecule has 1 unspecified atom stereocenters. The van der Waals surface area contributed by atoms with E-state index < -0.39 is 33.9 Å². The summed E-state index contributed by atoms with van der Waals surface area (Å²) in [5.74, 6) is -0.360. The lowest BCUT2D eigenvalue weighted by Gasteiger charge is -2.15. The van der Waals surface area contributed by atoms with E-state index in [2.05, 4.69) is 14.5 Å². The van der Waals surface area contributed by atoms with E-state index in [-0.39, 0.29) is 31.5 Å². The normalized spacial score (nSPS) is 11.0. The molecule has 0 aliphatic carbocycles. The highest BCUT2D eigenvalue weighted by Gasteiger charge is 2.27. The summed E-state index contributed by atoms with van der Waals surface area (Å²) in [6.07, 6.45) is 2.54. The number of carbonyl (C=O) groups is 3. The van der Waals surface area contributed by atoms with E-state index in [0.29, 0.717) is 21.7 Å². The fraction of sp³-hybridized carbons (Fsp3) is 0.303. The minimum atomic E-state index is -2.31. The summed E-state index contributed by atoms with van der Waals surface area (Å²) in [7, 11) is -0.810. The number of hydrogen-bond acceptors (Lipinski definition) is 14. The van der Waals surface area contributed by atoms with Gasteiger partial charge in [0.25, 0.3) is 12.2 Å². The number of nitrogens with two attached hydrogens (primary N) is 1. The SMILES string of the molecule is CC(C)OC(=O)OCO.CC(C)OC(=O)OCO[P+](=O)CN(C)C(=O)c1ccccc1Sc1ccc(C(=N)/C=C/c2ccccn2)c(N)c1.[HH]. The Morgan fingerprint density at radius 3 is 2.27 bits per heavy atom. The molecule has 0 saturated heterocycles. The van der Waals surface area contributed by atoms with E-state index in [4.69, 9.17) is 30.2 Å². The molecule has 0 aliphatic heterocycles. The summed E-state index contributed by atoms with van der Waals surface area (Å²) in [5, 5.41) is 16.4. The maximum atomic E-state index is 13.2. The van der Waals surface area contributed by atoms with Crippen molar-refractivity contribution in [1.29, 1.82) is 5.41 Å². The molecule has 264 valence electrons. The fourth-order valence-corrected chi connectivity index (χ4v) is 5.28. The number of allylic oxidation sites excluding steroid dienone is 1. The van der Waals surface area contributed by atoms with Crippen molar-refractivity contribution in [2.24, 2.45) is 0 Å². The van der Waals surface area contributed by atoms with Crippen LogP contribution in [0.2, 0.25) is 0 Å². The molecule has 16 heteroatoms. The van der Waals surface area contributed by atoms with Crippen molar-refractivity contribution < 1.29 is 49.0 Å². The van der Waals surface area contributed by atoms with Crippen LogP contribution in [0.5, 0.6) is 0 Å². The second-order valence-corrected chi connectivity index (χ2v) is 12.6. The van der Waals surface area contributed by atoms with Crippen molar-refractivity contribution in [1.82, 2.24) is 9.88 Å². The molecule has 14 nitrogen and oxygen atoms in total. The smallest absolute Gasteiger partial charge is 0.432 e. The maximum absolute atomic E-state index is 13.2. The Bertz CT molecular complexity index is 1610. The van der Waals surface area contributed by atoms with Gasteiger partial charge in [-0.05, 0) is 86.9 Å². The monoisotopic (exact) mass is 717 g/mol. The number of aromatic nitrogens is 1. The molecule has 1 heterocycles. The Hall–Kier alpha value is -4.82. The van der Waals surface area contributed by atoms with Crippen LogP contribution in [0, 0.1) is 5.41 Å². The van der Waals surface area contributed by atoms with Crippen molar-refractivity contribution in [3.05, 3.63) is 89.8 Å². The highest BCUT2D eigenvalue weighted by Crippen LogP contribution is 2.34. The minimum absolute atomic E-state index is 0. The number of nitrogens with one attached hydrogen (secondary N) is 1. The van der Waals surface area contributed by atoms with Gasteiger partial charge in [0.15, 0.2) is 6.79 Å². The van der Waals surface area contributed by atoms with Gasteiger partial charge in [0.1, 0.15) is 0 Å². The first-order valence-corrected chi connectivity index (χ1v) is 16.9. The molecule has 0 bridgehead atoms. The molecule has 0 aliphatic rings. The molecule has 49 heavy (non-hydrogen) atoms. The third-order valence-electron chi connectivity index (χ3n) is 5.66. The predicted octanol–water partition coefficient (Wildman–Crippen LogP) is 6.95. The molecule has 4 N–H and O–H groups in total. The molecule has 2 aromatic carbocycles. The van der Waals surface area contributed by atoms with Gasteiger partial charge in [-0.1, -0.05) is 30.0 Å². The van der Waals surface area contributed by atoms with Crippen LogP contribution in [0.3, 0.4) is 0 Å². The standard InChI is InChI=1S/C28H30N4O6PS.C5H10O4.H2/c1-19(2)38-28(34)36-18-37-39(35)17-32(3)27(33)23-9-4-5-10-26(23)40-21-12-13-22(25(30)16-21)24(29)14-11-20-8-6-7-15-31-20;1-4(2)9-5(7)8-3-6;/h4-16,19,29H,17-18,30H2,1-3H3;4,6H,3H2,1-2H3;1H/q+1;;/b14-11+,29-24?;;. The molecular formula is C33H42N4O10PS+. The number of ether oxygens (including phenoxy) is 4. The van der Waals surface area contributed by atoms with Crippen molar-refractivity contribution >= 4 is 55.5 Å². The maximum Gasteiger partial charge on any atom is 0.533 e. The Balaban J connectivity index is 0.00000110. The van der Waals surface area contributed by atoms with E-state index in [0.717, 1.165) is 10.6 Å². The lowest BCUT2D eigenvalue weighted by atomic mass is 10.1. The van der Waals surface area contributed by atoms with Gasteiger partial charge < -0.3 is 35.2 Å². The Kier molecular flexibility index (Phi) is 17.5. The van der Waals surface area contributed by atoms with E-state index in [9.17, 15) is 18.9 Å². The van der Waals surface area contributed by atoms with Gasteiger partial charge in [0.05, 0.1) is 29.2 Å². The first-order valence-electron chi connectivity index (χ1n) is 14.8. The van der Waals surface area contributed by atoms with Crippen LogP contribution in [0.1, 0.15) is 50.7 Å². The number of anilines is 1. The number of nitrogens with zero attached hydrogens (tertiary/aromatic N) is 2. The summed E-state index contributed by atoms with van der Waals surface area (Å²) in [6.45, 7) is 5.53. The number of aliphatic hydroxyl groups is 1. The van der Waals surface area contributed by atoms with Crippen LogP contribution >= 0.6 is 19.8 Å². The highest BCUT2D eigenvalue weighted by molar-refractivity contribution is 7.99. The van der Waals surface area contributed by atoms with E-state index in [1.54, 1.807) is 76.4 Å². The molecule has 3 aromatic rings. The molecular weight excluding hydrogens is 675 g/mol. The summed E-state index contributed by atoms with van der Waals surface area (Å²) in [4.78, 5) is 41.7. The quantitative estimate of drug-likeness (QED) is 0.0509. The van der Waals surface area contributed by atoms with Crippen LogP contribution in [0.25, 0.3) is 6.08 Å². The summed E-state index contributed by atoms with van der Waals surface area (Å²) in [6, 6.07) is 17.9. The molecule has 0 fully saturated rings. The second kappa shape index (κ2) is 21.2. The molecule has 1 atom stereocenters. The topological polar surface area (TPSA) is 201 Å². The van der Waals surface area contributed by atoms with E-state index in [1.807, 2.05) is 30.3 Å². The van der Waals surface area contributed by atoms with E-state index in [1.165, 1.54) is 23.7 Å². The number of nitrogen functional groups attached to an aromatic ring is 1. The lowest BCUT2D eigenvalue weighted by Crippen LogP contribution is -2.27. The van der Waals surface area contributed by atoms with Gasteiger partial charge in [0.2, 0.25) is 6.79 Å². The molecule has 1 amide bonds. The predicted molar refractivity (Wildman–Crippen MR) is 187 cm³/mol. The van der Waals surface area contributed by atoms with Gasteiger partial charge >= 0.3 is 20.3 Å². The lowest BCUT2D eigenvalue weighted by molar-refractivity contribution is -0.0173. The zero-order chi connectivity index (χ0) is 36.3. The Morgan fingerprint density at radius 1 is 1.00 bits per heavy atom. The first kappa shape index (κ1) is 40.4. The van der Waals surface area contributed by atoms with Crippen LogP contribution < -0.4 is 5.73 Å². The van der Waals surface area contributed by atoms with Crippen LogP contribution in [0.15, 0.2) is 82.7 Å². The van der Waals surface area contributed by atoms with Crippen molar-refractivity contribution in [3.63, 3.8) is 0 Å². The van der Waals surface area contributed by atoms with Gasteiger partial charge in [-0.15, -0.1) is 4.52 Å². The summed E-state index contributed by atoms with van der Waals surface area (Å²) in [5.41, 5.74) is 8.65. The average molecular weight is 718 g/mol. The molecule has 0 spiro atoms. The average Bonchev–Trinajstić information content (AvgIpc) is 3.04. The second-order valence-electron chi connectivity index (χ2n) is 10.3. The highest BCUT2D eigenvalue weighted by atomic mass is 32.2. The zero-order valence-corrected chi connectivity index (χ0v) is 29.4. The summed E-state index contributed by atoms with van der Waals surface area (Å²) >= 11 is 1.34. The fourth-order valence-electron chi connectivity index (χ4n) is 3.56. The number of hydrogen-bond donors (Lipinski definition) is 3.